The summed E-state index contributed by atoms with van der Waals surface area (Å²) in [6.45, 7) is 5.20. The van der Waals surface area contributed by atoms with Crippen LogP contribution in [0.25, 0.3) is 0 Å². The van der Waals surface area contributed by atoms with E-state index in [9.17, 15) is 4.79 Å². The van der Waals surface area contributed by atoms with E-state index in [1.165, 1.54) is 5.69 Å². The third-order valence-electron chi connectivity index (χ3n) is 2.77. The first-order chi connectivity index (χ1) is 8.77. The minimum Gasteiger partial charge on any atom is -0.372 e. The summed E-state index contributed by atoms with van der Waals surface area (Å²) in [5.74, 6) is 0.0558. The molecule has 18 heavy (non-hydrogen) atoms. The van der Waals surface area contributed by atoms with Crippen molar-refractivity contribution in [1.29, 1.82) is 0 Å². The summed E-state index contributed by atoms with van der Waals surface area (Å²) in [4.78, 5) is 13.5. The molecule has 4 nitrogen and oxygen atoms in total. The standard InChI is InChI=1S/C14H23N3O/c1-3-17(13-8-5-4-6-9-13)11-7-10-16-14(18)12-15-2/h4-6,8-9,15H,3,7,10-12H2,1-2H3,(H,16,18). The Hall–Kier alpha value is -1.55. The molecule has 0 saturated carbocycles. The second-order valence-electron chi connectivity index (χ2n) is 4.15. The van der Waals surface area contributed by atoms with Gasteiger partial charge in [-0.25, -0.2) is 0 Å². The molecular weight excluding hydrogens is 226 g/mol. The molecule has 0 aliphatic rings. The van der Waals surface area contributed by atoms with Crippen LogP contribution in [-0.2, 0) is 4.79 Å². The Morgan fingerprint density at radius 1 is 1.28 bits per heavy atom. The lowest BCUT2D eigenvalue weighted by Gasteiger charge is -2.23. The molecule has 0 bridgehead atoms. The van der Waals surface area contributed by atoms with E-state index < -0.39 is 0 Å². The first kappa shape index (κ1) is 14.5. The molecule has 1 rings (SSSR count). The van der Waals surface area contributed by atoms with Crippen LogP contribution in [0, 0.1) is 0 Å². The van der Waals surface area contributed by atoms with Crippen LogP contribution < -0.4 is 15.5 Å². The van der Waals surface area contributed by atoms with Crippen LogP contribution in [0.3, 0.4) is 0 Å². The molecule has 0 aliphatic heterocycles. The van der Waals surface area contributed by atoms with E-state index in [2.05, 4.69) is 34.6 Å². The zero-order valence-corrected chi connectivity index (χ0v) is 11.3. The minimum absolute atomic E-state index is 0.0558. The van der Waals surface area contributed by atoms with Crippen molar-refractivity contribution in [1.82, 2.24) is 10.6 Å². The van der Waals surface area contributed by atoms with Gasteiger partial charge in [0.05, 0.1) is 6.54 Å². The number of para-hydroxylation sites is 1. The van der Waals surface area contributed by atoms with E-state index in [0.717, 1.165) is 26.1 Å². The van der Waals surface area contributed by atoms with Crippen LogP contribution in [0.4, 0.5) is 5.69 Å². The van der Waals surface area contributed by atoms with Crippen molar-refractivity contribution < 1.29 is 4.79 Å². The van der Waals surface area contributed by atoms with Crippen LogP contribution in [-0.4, -0.2) is 39.1 Å². The Morgan fingerprint density at radius 2 is 2.00 bits per heavy atom. The Balaban J connectivity index is 2.26. The van der Waals surface area contributed by atoms with Crippen molar-refractivity contribution in [2.24, 2.45) is 0 Å². The Morgan fingerprint density at radius 3 is 2.61 bits per heavy atom. The fourth-order valence-corrected chi connectivity index (χ4v) is 1.83. The van der Waals surface area contributed by atoms with E-state index in [0.29, 0.717) is 6.54 Å². The predicted molar refractivity (Wildman–Crippen MR) is 75.9 cm³/mol. The molecule has 100 valence electrons. The molecule has 0 atom stereocenters. The van der Waals surface area contributed by atoms with Crippen LogP contribution in [0.1, 0.15) is 13.3 Å². The van der Waals surface area contributed by atoms with Gasteiger partial charge in [0.2, 0.25) is 5.91 Å². The molecule has 2 N–H and O–H groups in total. The van der Waals surface area contributed by atoms with Gasteiger partial charge < -0.3 is 15.5 Å². The third-order valence-corrected chi connectivity index (χ3v) is 2.77. The molecule has 0 aliphatic carbocycles. The van der Waals surface area contributed by atoms with Gasteiger partial charge in [0.1, 0.15) is 0 Å². The number of rotatable bonds is 8. The Labute approximate surface area is 109 Å². The molecule has 0 radical (unpaired) electrons. The first-order valence-electron chi connectivity index (χ1n) is 6.49. The van der Waals surface area contributed by atoms with E-state index in [1.54, 1.807) is 7.05 Å². The van der Waals surface area contributed by atoms with Crippen molar-refractivity contribution >= 4 is 11.6 Å². The molecule has 4 heteroatoms. The van der Waals surface area contributed by atoms with Gasteiger partial charge in [-0.3, -0.25) is 4.79 Å². The largest absolute Gasteiger partial charge is 0.372 e. The minimum atomic E-state index is 0.0558. The lowest BCUT2D eigenvalue weighted by atomic mass is 10.2. The highest BCUT2D eigenvalue weighted by Crippen LogP contribution is 2.12. The summed E-state index contributed by atoms with van der Waals surface area (Å²) in [6, 6.07) is 10.3. The van der Waals surface area contributed by atoms with E-state index in [4.69, 9.17) is 0 Å². The zero-order chi connectivity index (χ0) is 13.2. The summed E-state index contributed by atoms with van der Waals surface area (Å²) in [5.41, 5.74) is 1.24. The normalized spacial score (nSPS) is 10.1. The average Bonchev–Trinajstić information content (AvgIpc) is 2.40. The maximum absolute atomic E-state index is 11.2. The molecule has 0 fully saturated rings. The number of hydrogen-bond acceptors (Lipinski definition) is 3. The summed E-state index contributed by atoms with van der Waals surface area (Å²) < 4.78 is 0. The van der Waals surface area contributed by atoms with Crippen molar-refractivity contribution in [2.75, 3.05) is 38.1 Å². The predicted octanol–water partition coefficient (Wildman–Crippen LogP) is 1.24. The number of benzene rings is 1. The Bertz CT molecular complexity index is 340. The summed E-state index contributed by atoms with van der Waals surface area (Å²) >= 11 is 0. The third kappa shape index (κ3) is 5.19. The van der Waals surface area contributed by atoms with Crippen LogP contribution in [0.15, 0.2) is 30.3 Å². The second kappa shape index (κ2) is 8.53. The van der Waals surface area contributed by atoms with Gasteiger partial charge in [-0.05, 0) is 32.5 Å². The van der Waals surface area contributed by atoms with Gasteiger partial charge >= 0.3 is 0 Å². The maximum Gasteiger partial charge on any atom is 0.233 e. The molecule has 1 aromatic carbocycles. The molecule has 0 saturated heterocycles. The first-order valence-corrected chi connectivity index (χ1v) is 6.49. The van der Waals surface area contributed by atoms with Gasteiger partial charge in [0.15, 0.2) is 0 Å². The highest BCUT2D eigenvalue weighted by Gasteiger charge is 2.03. The quantitative estimate of drug-likeness (QED) is 0.681. The van der Waals surface area contributed by atoms with Gasteiger partial charge in [0.25, 0.3) is 0 Å². The fraction of sp³-hybridized carbons (Fsp3) is 0.500. The van der Waals surface area contributed by atoms with Crippen LogP contribution in [0.5, 0.6) is 0 Å². The number of anilines is 1. The van der Waals surface area contributed by atoms with E-state index >= 15 is 0 Å². The second-order valence-corrected chi connectivity index (χ2v) is 4.15. The van der Waals surface area contributed by atoms with E-state index in [1.807, 2.05) is 18.2 Å². The number of carbonyl (C=O) groups is 1. The van der Waals surface area contributed by atoms with Crippen molar-refractivity contribution in [3.8, 4) is 0 Å². The number of nitrogens with zero attached hydrogens (tertiary/aromatic N) is 1. The SMILES string of the molecule is CCN(CCCNC(=O)CNC)c1ccccc1. The molecule has 0 spiro atoms. The van der Waals surface area contributed by atoms with Crippen LogP contribution >= 0.6 is 0 Å². The molecular formula is C14H23N3O. The molecule has 1 aromatic rings. The van der Waals surface area contributed by atoms with Crippen molar-refractivity contribution in [3.63, 3.8) is 0 Å². The Kier molecular flexibility index (Phi) is 6.87. The number of amides is 1. The van der Waals surface area contributed by atoms with Gasteiger partial charge in [-0.2, -0.15) is 0 Å². The number of carbonyl (C=O) groups excluding carboxylic acids is 1. The lowest BCUT2D eigenvalue weighted by molar-refractivity contribution is -0.120. The smallest absolute Gasteiger partial charge is 0.233 e. The monoisotopic (exact) mass is 249 g/mol. The fourth-order valence-electron chi connectivity index (χ4n) is 1.83. The van der Waals surface area contributed by atoms with E-state index in [-0.39, 0.29) is 5.91 Å². The van der Waals surface area contributed by atoms with Gasteiger partial charge in [0, 0.05) is 25.3 Å². The number of hydrogen-bond donors (Lipinski definition) is 2. The highest BCUT2D eigenvalue weighted by molar-refractivity contribution is 5.77. The zero-order valence-electron chi connectivity index (χ0n) is 11.3. The molecule has 1 amide bonds. The highest BCUT2D eigenvalue weighted by atomic mass is 16.1. The lowest BCUT2D eigenvalue weighted by Crippen LogP contribution is -2.34. The van der Waals surface area contributed by atoms with Crippen molar-refractivity contribution in [2.45, 2.75) is 13.3 Å². The van der Waals surface area contributed by atoms with Crippen molar-refractivity contribution in [3.05, 3.63) is 30.3 Å². The summed E-state index contributed by atoms with van der Waals surface area (Å²) in [6.07, 6.45) is 0.957. The van der Waals surface area contributed by atoms with Gasteiger partial charge in [-0.1, -0.05) is 18.2 Å². The number of nitrogens with one attached hydrogen (secondary N) is 2. The molecule has 0 aromatic heterocycles. The summed E-state index contributed by atoms with van der Waals surface area (Å²) in [7, 11) is 1.77. The van der Waals surface area contributed by atoms with Crippen LogP contribution in [0.2, 0.25) is 0 Å². The molecule has 0 heterocycles. The topological polar surface area (TPSA) is 44.4 Å². The van der Waals surface area contributed by atoms with Gasteiger partial charge in [-0.15, -0.1) is 0 Å². The number of likely N-dealkylation sites (N-methyl/N-ethyl adjacent to an activating group) is 1. The molecule has 0 unspecified atom stereocenters. The maximum atomic E-state index is 11.2. The summed E-state index contributed by atoms with van der Waals surface area (Å²) in [5, 5.41) is 5.72. The average molecular weight is 249 g/mol.